The first-order valence-electron chi connectivity index (χ1n) is 13.3. The molecule has 0 saturated carbocycles. The minimum absolute atomic E-state index is 0.178. The van der Waals surface area contributed by atoms with Gasteiger partial charge in [0.1, 0.15) is 0 Å². The van der Waals surface area contributed by atoms with Gasteiger partial charge in [-0.1, -0.05) is 43.3 Å². The molecule has 3 atom stereocenters. The van der Waals surface area contributed by atoms with E-state index < -0.39 is 35.2 Å². The van der Waals surface area contributed by atoms with Crippen molar-refractivity contribution in [2.75, 3.05) is 0 Å². The lowest BCUT2D eigenvalue weighted by molar-refractivity contribution is 0.555. The van der Waals surface area contributed by atoms with Gasteiger partial charge in [0.05, 0.1) is 35.2 Å². The van der Waals surface area contributed by atoms with Gasteiger partial charge in [0, 0.05) is 0 Å². The predicted octanol–water partition coefficient (Wildman–Crippen LogP) is 3.72. The zero-order valence-corrected chi connectivity index (χ0v) is 23.5. The Balaban J connectivity index is 1.97. The molecule has 3 unspecified atom stereocenters. The molecule has 12 heteroatoms. The molecule has 4 aromatic rings. The maximum absolute atomic E-state index is 13.8. The highest BCUT2D eigenvalue weighted by Crippen LogP contribution is 2.22. The second-order valence-corrected chi connectivity index (χ2v) is 9.57. The summed E-state index contributed by atoms with van der Waals surface area (Å²) in [5.41, 5.74) is -0.208. The molecular formula is C31H26N6O6. The van der Waals surface area contributed by atoms with Gasteiger partial charge in [-0.2, -0.15) is 15.0 Å². The highest BCUT2D eigenvalue weighted by molar-refractivity contribution is 5.43. The van der Waals surface area contributed by atoms with Crippen molar-refractivity contribution < 1.29 is 14.4 Å². The van der Waals surface area contributed by atoms with Crippen molar-refractivity contribution in [1.82, 2.24) is 13.7 Å². The Morgan fingerprint density at radius 1 is 0.535 bits per heavy atom. The third kappa shape index (κ3) is 6.12. The Hall–Kier alpha value is -5.79. The lowest BCUT2D eigenvalue weighted by Gasteiger charge is -2.16. The van der Waals surface area contributed by atoms with Crippen LogP contribution < -0.4 is 17.1 Å². The molecule has 0 bridgehead atoms. The summed E-state index contributed by atoms with van der Waals surface area (Å²) in [6.45, 7) is 5.24. The Kier molecular flexibility index (Phi) is 9.30. The molecule has 0 aliphatic heterocycles. The number of rotatable bonds is 10. The van der Waals surface area contributed by atoms with Crippen LogP contribution >= 0.6 is 0 Å². The molecule has 4 rings (SSSR count). The predicted molar refractivity (Wildman–Crippen MR) is 157 cm³/mol. The van der Waals surface area contributed by atoms with Crippen molar-refractivity contribution in [3.63, 3.8) is 0 Å². The average molecular weight is 579 g/mol. The second-order valence-electron chi connectivity index (χ2n) is 9.57. The quantitative estimate of drug-likeness (QED) is 0.206. The van der Waals surface area contributed by atoms with E-state index in [0.717, 1.165) is 13.7 Å². The Bertz CT molecular complexity index is 1850. The van der Waals surface area contributed by atoms with E-state index in [1.165, 1.54) is 48.6 Å². The Labute approximate surface area is 244 Å². The molecule has 0 N–H and O–H groups in total. The molecule has 0 fully saturated rings. The Morgan fingerprint density at radius 3 is 1.12 bits per heavy atom. The van der Waals surface area contributed by atoms with Crippen molar-refractivity contribution in [1.29, 1.82) is 0 Å². The Morgan fingerprint density at radius 2 is 0.837 bits per heavy atom. The fourth-order valence-corrected chi connectivity index (χ4v) is 4.63. The first-order valence-corrected chi connectivity index (χ1v) is 13.3. The lowest BCUT2D eigenvalue weighted by atomic mass is 10.1. The standard InChI is InChI=1S/C31H26N6O6/c1-4-28(34-19-40)24-9-15-27(16-10-24)37-30(42)35(25-11-5-22(6-12-25)20(2)32-17-38)29(41)36(31(37)43)26-13-7-23(8-14-26)21(3)33-18-39/h5-16,20-21,28H,4H2,1-3H3. The van der Waals surface area contributed by atoms with E-state index in [1.54, 1.807) is 56.3 Å². The van der Waals surface area contributed by atoms with Crippen LogP contribution in [0.3, 0.4) is 0 Å². The summed E-state index contributed by atoms with van der Waals surface area (Å²) in [6, 6.07) is 17.4. The van der Waals surface area contributed by atoms with Gasteiger partial charge in [-0.15, -0.1) is 0 Å². The third-order valence-corrected chi connectivity index (χ3v) is 7.04. The summed E-state index contributed by atoms with van der Waals surface area (Å²) in [6.07, 6.45) is 5.10. The number of aliphatic imine (C=N–C) groups is 3. The summed E-state index contributed by atoms with van der Waals surface area (Å²) >= 11 is 0. The van der Waals surface area contributed by atoms with Crippen molar-refractivity contribution >= 4 is 18.2 Å². The van der Waals surface area contributed by atoms with Crippen molar-refractivity contribution in [3.05, 3.63) is 121 Å². The highest BCUT2D eigenvalue weighted by Gasteiger charge is 2.20. The molecule has 0 saturated heterocycles. The van der Waals surface area contributed by atoms with Crippen LogP contribution in [0, 0.1) is 0 Å². The van der Waals surface area contributed by atoms with Crippen molar-refractivity contribution in [2.24, 2.45) is 15.0 Å². The summed E-state index contributed by atoms with van der Waals surface area (Å²) < 4.78 is 2.60. The topological polar surface area (TPSA) is 154 Å². The first-order chi connectivity index (χ1) is 20.7. The molecule has 0 spiro atoms. The zero-order chi connectivity index (χ0) is 31.1. The van der Waals surface area contributed by atoms with E-state index in [0.29, 0.717) is 23.1 Å². The van der Waals surface area contributed by atoms with E-state index in [4.69, 9.17) is 0 Å². The van der Waals surface area contributed by atoms with E-state index in [2.05, 4.69) is 15.0 Å². The van der Waals surface area contributed by atoms with Gasteiger partial charge in [-0.05, 0) is 73.4 Å². The second kappa shape index (κ2) is 13.2. The van der Waals surface area contributed by atoms with Gasteiger partial charge >= 0.3 is 17.1 Å². The van der Waals surface area contributed by atoms with Crippen LogP contribution in [-0.2, 0) is 14.4 Å². The number of hydrogen-bond donors (Lipinski definition) is 0. The maximum atomic E-state index is 13.8. The monoisotopic (exact) mass is 578 g/mol. The number of aromatic nitrogens is 3. The number of nitrogens with zero attached hydrogens (tertiary/aromatic N) is 6. The fraction of sp³-hybridized carbons (Fsp3) is 0.226. The molecule has 1 heterocycles. The molecule has 12 nitrogen and oxygen atoms in total. The third-order valence-electron chi connectivity index (χ3n) is 7.04. The van der Waals surface area contributed by atoms with Gasteiger partial charge in [0.25, 0.3) is 0 Å². The van der Waals surface area contributed by atoms with Gasteiger partial charge < -0.3 is 0 Å². The summed E-state index contributed by atoms with van der Waals surface area (Å²) in [4.78, 5) is 84.8. The molecule has 43 heavy (non-hydrogen) atoms. The van der Waals surface area contributed by atoms with Gasteiger partial charge in [-0.3, -0.25) is 0 Å². The smallest absolute Gasteiger partial charge is 0.246 e. The molecule has 216 valence electrons. The van der Waals surface area contributed by atoms with Crippen LogP contribution in [0.15, 0.2) is 102 Å². The molecule has 3 aromatic carbocycles. The van der Waals surface area contributed by atoms with Crippen LogP contribution in [0.4, 0.5) is 0 Å². The van der Waals surface area contributed by atoms with E-state index in [9.17, 15) is 28.8 Å². The van der Waals surface area contributed by atoms with Crippen LogP contribution in [0.1, 0.15) is 62.0 Å². The largest absolute Gasteiger partial charge is 0.345 e. The van der Waals surface area contributed by atoms with Crippen molar-refractivity contribution in [2.45, 2.75) is 45.3 Å². The number of benzene rings is 3. The molecule has 0 amide bonds. The summed E-state index contributed by atoms with van der Waals surface area (Å²) in [5.74, 6) is 0. The fourth-order valence-electron chi connectivity index (χ4n) is 4.63. The molecule has 1 aromatic heterocycles. The number of isocyanates is 3. The average Bonchev–Trinajstić information content (AvgIpc) is 3.01. The van der Waals surface area contributed by atoms with E-state index >= 15 is 0 Å². The van der Waals surface area contributed by atoms with Crippen molar-refractivity contribution in [3.8, 4) is 17.1 Å². The maximum Gasteiger partial charge on any atom is 0.345 e. The van der Waals surface area contributed by atoms with E-state index in [-0.39, 0.29) is 17.1 Å². The number of carbonyl (C=O) groups excluding carboxylic acids is 3. The van der Waals surface area contributed by atoms with Crippen LogP contribution in [0.5, 0.6) is 0 Å². The molecule has 0 aliphatic carbocycles. The van der Waals surface area contributed by atoms with Gasteiger partial charge in [0.2, 0.25) is 18.2 Å². The highest BCUT2D eigenvalue weighted by atomic mass is 16.2. The lowest BCUT2D eigenvalue weighted by Crippen LogP contribution is -2.52. The molecule has 0 aliphatic rings. The minimum atomic E-state index is -0.910. The summed E-state index contributed by atoms with van der Waals surface area (Å²) in [7, 11) is 0. The van der Waals surface area contributed by atoms with E-state index in [1.807, 2.05) is 6.92 Å². The first kappa shape index (κ1) is 30.2. The van der Waals surface area contributed by atoms with Gasteiger partial charge in [-0.25, -0.2) is 42.5 Å². The van der Waals surface area contributed by atoms with Crippen LogP contribution in [0.25, 0.3) is 17.1 Å². The normalized spacial score (nSPS) is 12.6. The van der Waals surface area contributed by atoms with Crippen LogP contribution in [0.2, 0.25) is 0 Å². The number of hydrogen-bond acceptors (Lipinski definition) is 9. The molecular weight excluding hydrogens is 552 g/mol. The summed E-state index contributed by atoms with van der Waals surface area (Å²) in [5, 5.41) is 0. The van der Waals surface area contributed by atoms with Crippen LogP contribution in [-0.4, -0.2) is 31.9 Å². The zero-order valence-electron chi connectivity index (χ0n) is 23.5. The minimum Gasteiger partial charge on any atom is -0.246 e. The molecule has 0 radical (unpaired) electrons. The van der Waals surface area contributed by atoms with Gasteiger partial charge in [0.15, 0.2) is 0 Å². The SMILES string of the molecule is CCC(N=C=O)c1ccc(-n2c(=O)n(-c3ccc(C(C)N=C=O)cc3)c(=O)n(-c3ccc(C(C)N=C=O)cc3)c2=O)cc1.